The number of thioether (sulfide) groups is 1. The van der Waals surface area contributed by atoms with Crippen LogP contribution in [0.15, 0.2) is 0 Å². The molecule has 10 atom stereocenters. The Morgan fingerprint density at radius 1 is 0.970 bits per heavy atom. The van der Waals surface area contributed by atoms with Gasteiger partial charge in [0.25, 0.3) is 10.1 Å². The van der Waals surface area contributed by atoms with Gasteiger partial charge in [-0.2, -0.15) is 20.2 Å². The Kier molecular flexibility index (Phi) is 7.91. The summed E-state index contributed by atoms with van der Waals surface area (Å²) < 4.78 is 30.6. The van der Waals surface area contributed by atoms with E-state index in [1.165, 1.54) is 51.4 Å². The van der Waals surface area contributed by atoms with Gasteiger partial charge in [0.1, 0.15) is 0 Å². The van der Waals surface area contributed by atoms with E-state index in [-0.39, 0.29) is 11.9 Å². The van der Waals surface area contributed by atoms with Crippen molar-refractivity contribution in [2.24, 2.45) is 52.3 Å². The van der Waals surface area contributed by atoms with Gasteiger partial charge < -0.3 is 5.11 Å². The Labute approximate surface area is 207 Å². The molecule has 4 aliphatic rings. The van der Waals surface area contributed by atoms with E-state index in [4.69, 9.17) is 4.55 Å². The number of aliphatic hydroxyl groups excluding tert-OH is 1. The molecule has 0 amide bonds. The van der Waals surface area contributed by atoms with Crippen molar-refractivity contribution in [3.63, 3.8) is 0 Å². The van der Waals surface area contributed by atoms with E-state index >= 15 is 0 Å². The fraction of sp³-hybridized carbons (Fsp3) is 1.00. The molecule has 0 aromatic rings. The Hall–Kier alpha value is 0.220. The first-order valence-corrected chi connectivity index (χ1v) is 16.4. The zero-order valence-corrected chi connectivity index (χ0v) is 23.0. The van der Waals surface area contributed by atoms with Crippen LogP contribution in [-0.2, 0) is 10.1 Å². The zero-order chi connectivity index (χ0) is 24.0. The first kappa shape index (κ1) is 26.3. The van der Waals surface area contributed by atoms with Crippen LogP contribution in [-0.4, -0.2) is 41.4 Å². The lowest BCUT2D eigenvalue weighted by Crippen LogP contribution is -2.57. The monoisotopic (exact) mass is 500 g/mol. The first-order chi connectivity index (χ1) is 15.5. The maximum atomic E-state index is 11.3. The van der Waals surface area contributed by atoms with Crippen molar-refractivity contribution in [2.45, 2.75) is 98.0 Å². The van der Waals surface area contributed by atoms with Crippen LogP contribution in [0.1, 0.15) is 91.9 Å². The topological polar surface area (TPSA) is 74.6 Å². The summed E-state index contributed by atoms with van der Waals surface area (Å²) in [5.41, 5.74) is 0.767. The first-order valence-electron chi connectivity index (χ1n) is 13.7. The molecule has 4 nitrogen and oxygen atoms in total. The highest BCUT2D eigenvalue weighted by atomic mass is 32.2. The molecule has 0 heterocycles. The smallest absolute Gasteiger partial charge is 0.265 e. The van der Waals surface area contributed by atoms with Crippen LogP contribution < -0.4 is 0 Å². The summed E-state index contributed by atoms with van der Waals surface area (Å²) >= 11 is 1.64. The molecule has 6 heteroatoms. The number of aliphatic hydroxyl groups is 1. The molecule has 33 heavy (non-hydrogen) atoms. The largest absolute Gasteiger partial charge is 0.393 e. The van der Waals surface area contributed by atoms with E-state index in [1.54, 1.807) is 11.8 Å². The summed E-state index contributed by atoms with van der Waals surface area (Å²) in [5.74, 6) is 6.38. The minimum absolute atomic E-state index is 0.0995. The molecule has 0 spiro atoms. The van der Waals surface area contributed by atoms with Gasteiger partial charge in [-0.3, -0.25) is 4.55 Å². The quantitative estimate of drug-likeness (QED) is 0.303. The van der Waals surface area contributed by atoms with E-state index in [0.29, 0.717) is 34.3 Å². The second-order valence-corrected chi connectivity index (χ2v) is 15.7. The van der Waals surface area contributed by atoms with Gasteiger partial charge >= 0.3 is 0 Å². The fourth-order valence-electron chi connectivity index (χ4n) is 9.45. The highest BCUT2D eigenvalue weighted by Crippen LogP contribution is 2.68. The molecule has 4 aliphatic carbocycles. The normalized spacial score (nSPS) is 46.3. The van der Waals surface area contributed by atoms with Crippen molar-refractivity contribution in [1.29, 1.82) is 0 Å². The lowest BCUT2D eigenvalue weighted by molar-refractivity contribution is -0.164. The average molecular weight is 501 g/mol. The highest BCUT2D eigenvalue weighted by molar-refractivity contribution is 8.00. The number of hydrogen-bond acceptors (Lipinski definition) is 4. The molecule has 0 aromatic heterocycles. The van der Waals surface area contributed by atoms with Crippen molar-refractivity contribution in [3.8, 4) is 0 Å². The summed E-state index contributed by atoms with van der Waals surface area (Å²) in [6.45, 7) is 9.96. The molecule has 0 aliphatic heterocycles. The third kappa shape index (κ3) is 5.20. The van der Waals surface area contributed by atoms with Crippen molar-refractivity contribution >= 4 is 21.9 Å². The molecule has 7 unspecified atom stereocenters. The van der Waals surface area contributed by atoms with E-state index in [0.717, 1.165) is 42.3 Å². The van der Waals surface area contributed by atoms with Crippen LogP contribution in [0.5, 0.6) is 0 Å². The van der Waals surface area contributed by atoms with Gasteiger partial charge in [-0.25, -0.2) is 0 Å². The maximum Gasteiger partial charge on any atom is 0.265 e. The summed E-state index contributed by atoms with van der Waals surface area (Å²) in [6, 6.07) is 0. The fourth-order valence-corrected chi connectivity index (χ4v) is 11.3. The third-order valence-electron chi connectivity index (χ3n) is 11.1. The molecule has 4 fully saturated rings. The number of hydrogen-bond donors (Lipinski definition) is 2. The molecule has 4 rings (SSSR count). The standard InChI is InChI=1S/C27H48O4S2/c1-18-9-11-27(4)23-10-12-26(3)21(19(2)6-5-13-32-14-15-33(29,30)31)7-8-22(26)20(23)17-25(28)24(27)16-18/h18-25,28H,5-17H2,1-4H3,(H,29,30,31)/t18?,19?,20?,21?,22?,23?,24-,25-,26+,27?/m0/s1. The maximum absolute atomic E-state index is 11.3. The number of fused-ring (bicyclic) bond motifs is 5. The minimum atomic E-state index is -3.83. The van der Waals surface area contributed by atoms with Gasteiger partial charge in [0.05, 0.1) is 11.9 Å². The number of rotatable bonds is 8. The van der Waals surface area contributed by atoms with Crippen molar-refractivity contribution in [3.05, 3.63) is 0 Å². The van der Waals surface area contributed by atoms with Crippen molar-refractivity contribution < 1.29 is 18.1 Å². The second kappa shape index (κ2) is 9.94. The molecular formula is C27H48O4S2. The second-order valence-electron chi connectivity index (χ2n) is 12.9. The van der Waals surface area contributed by atoms with Crippen molar-refractivity contribution in [1.82, 2.24) is 0 Å². The Bertz CT molecular complexity index is 785. The Morgan fingerprint density at radius 3 is 2.39 bits per heavy atom. The van der Waals surface area contributed by atoms with Gasteiger partial charge in [0.15, 0.2) is 0 Å². The molecule has 0 bridgehead atoms. The van der Waals surface area contributed by atoms with E-state index < -0.39 is 10.1 Å². The SMILES string of the molecule is CC1CCC2(C)C3CC[C@]4(C)C(C(C)CCCSCCS(=O)(=O)O)CCC4C3C[C@H](O)[C@@H]2C1. The third-order valence-corrected chi connectivity index (χ3v) is 13.2. The summed E-state index contributed by atoms with van der Waals surface area (Å²) in [4.78, 5) is 0. The molecule has 0 aromatic carbocycles. The van der Waals surface area contributed by atoms with Crippen LogP contribution in [0.3, 0.4) is 0 Å². The van der Waals surface area contributed by atoms with E-state index in [9.17, 15) is 13.5 Å². The molecular weight excluding hydrogens is 452 g/mol. The molecule has 0 saturated heterocycles. The van der Waals surface area contributed by atoms with Crippen LogP contribution in [0.2, 0.25) is 0 Å². The Morgan fingerprint density at radius 2 is 1.67 bits per heavy atom. The van der Waals surface area contributed by atoms with Gasteiger partial charge in [0.2, 0.25) is 0 Å². The molecule has 2 N–H and O–H groups in total. The van der Waals surface area contributed by atoms with Crippen LogP contribution in [0.4, 0.5) is 0 Å². The summed E-state index contributed by atoms with van der Waals surface area (Å²) in [6.07, 6.45) is 12.6. The Balaban J connectivity index is 1.36. The summed E-state index contributed by atoms with van der Waals surface area (Å²) in [5, 5.41) is 11.3. The minimum Gasteiger partial charge on any atom is -0.393 e. The molecule has 0 radical (unpaired) electrons. The molecule has 4 saturated carbocycles. The van der Waals surface area contributed by atoms with Gasteiger partial charge in [-0.1, -0.05) is 34.1 Å². The van der Waals surface area contributed by atoms with Crippen LogP contribution in [0, 0.1) is 52.3 Å². The molecule has 192 valence electrons. The lowest BCUT2D eigenvalue weighted by Gasteiger charge is -2.62. The van der Waals surface area contributed by atoms with Crippen LogP contribution >= 0.6 is 11.8 Å². The lowest BCUT2D eigenvalue weighted by atomic mass is 9.43. The zero-order valence-electron chi connectivity index (χ0n) is 21.3. The highest BCUT2D eigenvalue weighted by Gasteiger charge is 2.62. The van der Waals surface area contributed by atoms with E-state index in [2.05, 4.69) is 27.7 Å². The summed E-state index contributed by atoms with van der Waals surface area (Å²) in [7, 11) is -3.83. The predicted octanol–water partition coefficient (Wildman–Crippen LogP) is 6.29. The van der Waals surface area contributed by atoms with Crippen molar-refractivity contribution in [2.75, 3.05) is 17.3 Å². The predicted molar refractivity (Wildman–Crippen MR) is 138 cm³/mol. The van der Waals surface area contributed by atoms with Gasteiger partial charge in [-0.05, 0) is 116 Å². The van der Waals surface area contributed by atoms with Gasteiger partial charge in [0, 0.05) is 5.75 Å². The van der Waals surface area contributed by atoms with Crippen LogP contribution in [0.25, 0.3) is 0 Å². The average Bonchev–Trinajstić information content (AvgIpc) is 3.08. The van der Waals surface area contributed by atoms with Gasteiger partial charge in [-0.15, -0.1) is 0 Å². The van der Waals surface area contributed by atoms with E-state index in [1.807, 2.05) is 0 Å².